The Kier molecular flexibility index (Phi) is 4.75. The Balaban J connectivity index is 2.56. The molecule has 0 saturated carbocycles. The molecule has 0 fully saturated rings. The molecule has 0 saturated heterocycles. The minimum atomic E-state index is -0.969. The predicted molar refractivity (Wildman–Crippen MR) is 70.9 cm³/mol. The Labute approximate surface area is 113 Å². The normalized spacial score (nSPS) is 13.1. The Morgan fingerprint density at radius 1 is 1.42 bits per heavy atom. The van der Waals surface area contributed by atoms with Crippen LogP contribution in [0.2, 0.25) is 0 Å². The molecule has 0 aromatic carbocycles. The van der Waals surface area contributed by atoms with Gasteiger partial charge in [-0.15, -0.1) is 0 Å². The zero-order chi connectivity index (χ0) is 14.6. The minimum absolute atomic E-state index is 0.161. The number of carboxylic acids is 1. The summed E-state index contributed by atoms with van der Waals surface area (Å²) in [4.78, 5) is 22.3. The van der Waals surface area contributed by atoms with Crippen LogP contribution >= 0.6 is 0 Å². The maximum Gasteiger partial charge on any atom is 0.304 e. The van der Waals surface area contributed by atoms with Gasteiger partial charge in [0.25, 0.3) is 0 Å². The molecule has 1 aromatic heterocycles. The van der Waals surface area contributed by atoms with Gasteiger partial charge < -0.3 is 14.8 Å². The summed E-state index contributed by atoms with van der Waals surface area (Å²) in [5.41, 5.74) is -0.327. The molecule has 5 heteroatoms. The third-order valence-electron chi connectivity index (χ3n) is 3.04. The van der Waals surface area contributed by atoms with Crippen LogP contribution in [0.15, 0.2) is 16.5 Å². The largest absolute Gasteiger partial charge is 0.481 e. The molecule has 0 aliphatic heterocycles. The van der Waals surface area contributed by atoms with E-state index in [0.717, 1.165) is 11.5 Å². The average Bonchev–Trinajstić information content (AvgIpc) is 2.72. The molecule has 0 spiro atoms. The number of hydrogen-bond donors (Lipinski definition) is 2. The number of furan rings is 1. The van der Waals surface area contributed by atoms with E-state index in [-0.39, 0.29) is 17.7 Å². The summed E-state index contributed by atoms with van der Waals surface area (Å²) < 4.78 is 5.56. The highest BCUT2D eigenvalue weighted by atomic mass is 16.4. The van der Waals surface area contributed by atoms with Crippen molar-refractivity contribution in [1.29, 1.82) is 0 Å². The Morgan fingerprint density at radius 2 is 2.05 bits per heavy atom. The van der Waals surface area contributed by atoms with Crippen LogP contribution in [0.25, 0.3) is 0 Å². The fourth-order valence-electron chi connectivity index (χ4n) is 1.72. The van der Waals surface area contributed by atoms with Crippen molar-refractivity contribution < 1.29 is 19.1 Å². The third-order valence-corrected chi connectivity index (χ3v) is 3.04. The Morgan fingerprint density at radius 3 is 2.53 bits per heavy atom. The van der Waals surface area contributed by atoms with E-state index in [1.54, 1.807) is 6.92 Å². The first-order chi connectivity index (χ1) is 8.72. The molecule has 1 aromatic rings. The molecule has 5 nitrogen and oxygen atoms in total. The zero-order valence-corrected chi connectivity index (χ0v) is 11.8. The van der Waals surface area contributed by atoms with Crippen molar-refractivity contribution >= 4 is 11.9 Å². The average molecular weight is 267 g/mol. The Bertz CT molecular complexity index is 462. The molecule has 0 bridgehead atoms. The molecule has 1 atom stereocenters. The first kappa shape index (κ1) is 15.3. The van der Waals surface area contributed by atoms with Gasteiger partial charge in [-0.3, -0.25) is 9.59 Å². The summed E-state index contributed by atoms with van der Waals surface area (Å²) in [7, 11) is 0. The summed E-state index contributed by atoms with van der Waals surface area (Å²) >= 11 is 0. The molecule has 19 heavy (non-hydrogen) atoms. The van der Waals surface area contributed by atoms with Gasteiger partial charge in [0.05, 0.1) is 6.42 Å². The van der Waals surface area contributed by atoms with E-state index in [1.807, 2.05) is 32.9 Å². The molecule has 1 amide bonds. The number of carbonyl (C=O) groups excluding carboxylic acids is 1. The van der Waals surface area contributed by atoms with Gasteiger partial charge in [0, 0.05) is 17.9 Å². The molecule has 0 aliphatic carbocycles. The van der Waals surface area contributed by atoms with E-state index in [4.69, 9.17) is 9.52 Å². The number of hydrogen-bond acceptors (Lipinski definition) is 3. The lowest BCUT2D eigenvalue weighted by molar-refractivity contribution is -0.140. The number of carbonyl (C=O) groups is 2. The van der Waals surface area contributed by atoms with Crippen LogP contribution in [0, 0.1) is 12.8 Å². The summed E-state index contributed by atoms with van der Waals surface area (Å²) in [6, 6.07) is 3.77. The smallest absolute Gasteiger partial charge is 0.304 e. The van der Waals surface area contributed by atoms with Crippen molar-refractivity contribution in [2.75, 3.05) is 6.54 Å². The second-order valence-electron chi connectivity index (χ2n) is 5.51. The zero-order valence-electron chi connectivity index (χ0n) is 11.8. The lowest BCUT2D eigenvalue weighted by Crippen LogP contribution is -2.39. The van der Waals surface area contributed by atoms with Crippen LogP contribution in [-0.2, 0) is 15.0 Å². The SMILES string of the molecule is Cc1ccc(C(C)(C)CNC(=O)C(C)CC(=O)O)o1. The molecular weight excluding hydrogens is 246 g/mol. The summed E-state index contributed by atoms with van der Waals surface area (Å²) in [5, 5.41) is 11.4. The van der Waals surface area contributed by atoms with Gasteiger partial charge >= 0.3 is 5.97 Å². The van der Waals surface area contributed by atoms with E-state index in [9.17, 15) is 9.59 Å². The van der Waals surface area contributed by atoms with E-state index >= 15 is 0 Å². The molecule has 1 unspecified atom stereocenters. The van der Waals surface area contributed by atoms with Crippen LogP contribution in [0.5, 0.6) is 0 Å². The van der Waals surface area contributed by atoms with Gasteiger partial charge in [0.15, 0.2) is 0 Å². The highest BCUT2D eigenvalue weighted by Crippen LogP contribution is 2.24. The fourth-order valence-corrected chi connectivity index (χ4v) is 1.72. The van der Waals surface area contributed by atoms with Crippen LogP contribution in [-0.4, -0.2) is 23.5 Å². The lowest BCUT2D eigenvalue weighted by atomic mass is 9.90. The first-order valence-corrected chi connectivity index (χ1v) is 6.29. The molecule has 1 heterocycles. The fraction of sp³-hybridized carbons (Fsp3) is 0.571. The number of aliphatic carboxylic acids is 1. The first-order valence-electron chi connectivity index (χ1n) is 6.29. The standard InChI is InChI=1S/C14H21NO4/c1-9(7-12(16)17)13(18)15-8-14(3,4)11-6-5-10(2)19-11/h5-6,9H,7-8H2,1-4H3,(H,15,18)(H,16,17). The van der Waals surface area contributed by atoms with Crippen molar-refractivity contribution in [2.45, 2.75) is 39.5 Å². The van der Waals surface area contributed by atoms with Gasteiger partial charge in [-0.1, -0.05) is 20.8 Å². The highest BCUT2D eigenvalue weighted by Gasteiger charge is 2.26. The number of carboxylic acid groups (broad SMARTS) is 1. The van der Waals surface area contributed by atoms with Gasteiger partial charge in [-0.05, 0) is 19.1 Å². The molecule has 0 radical (unpaired) electrons. The van der Waals surface area contributed by atoms with Gasteiger partial charge in [-0.25, -0.2) is 0 Å². The second kappa shape index (κ2) is 5.91. The van der Waals surface area contributed by atoms with Crippen LogP contribution < -0.4 is 5.32 Å². The van der Waals surface area contributed by atoms with Crippen LogP contribution in [0.1, 0.15) is 38.7 Å². The van der Waals surface area contributed by atoms with Crippen molar-refractivity contribution in [3.8, 4) is 0 Å². The minimum Gasteiger partial charge on any atom is -0.481 e. The molecule has 2 N–H and O–H groups in total. The summed E-state index contributed by atoms with van der Waals surface area (Å²) in [5.74, 6) is -0.126. The molecule has 106 valence electrons. The molecule has 1 rings (SSSR count). The predicted octanol–water partition coefficient (Wildman–Crippen LogP) is 2.09. The van der Waals surface area contributed by atoms with E-state index < -0.39 is 11.9 Å². The summed E-state index contributed by atoms with van der Waals surface area (Å²) in [6.45, 7) is 7.81. The number of amides is 1. The van der Waals surface area contributed by atoms with Crippen molar-refractivity contribution in [3.05, 3.63) is 23.7 Å². The molecule has 0 aliphatic rings. The maximum atomic E-state index is 11.8. The van der Waals surface area contributed by atoms with Gasteiger partial charge in [0.1, 0.15) is 11.5 Å². The topological polar surface area (TPSA) is 79.5 Å². The monoisotopic (exact) mass is 267 g/mol. The second-order valence-corrected chi connectivity index (χ2v) is 5.51. The third kappa shape index (κ3) is 4.43. The van der Waals surface area contributed by atoms with Crippen molar-refractivity contribution in [1.82, 2.24) is 5.32 Å². The van der Waals surface area contributed by atoms with E-state index in [2.05, 4.69) is 5.32 Å². The number of aryl methyl sites for hydroxylation is 1. The maximum absolute atomic E-state index is 11.8. The van der Waals surface area contributed by atoms with E-state index in [0.29, 0.717) is 6.54 Å². The van der Waals surface area contributed by atoms with Crippen molar-refractivity contribution in [3.63, 3.8) is 0 Å². The lowest BCUT2D eigenvalue weighted by Gasteiger charge is -2.23. The van der Waals surface area contributed by atoms with E-state index in [1.165, 1.54) is 0 Å². The highest BCUT2D eigenvalue weighted by molar-refractivity contribution is 5.82. The number of nitrogens with one attached hydrogen (secondary N) is 1. The van der Waals surface area contributed by atoms with Gasteiger partial charge in [0.2, 0.25) is 5.91 Å². The van der Waals surface area contributed by atoms with Gasteiger partial charge in [-0.2, -0.15) is 0 Å². The Hall–Kier alpha value is -1.78. The summed E-state index contributed by atoms with van der Waals surface area (Å²) in [6.07, 6.45) is -0.161. The quantitative estimate of drug-likeness (QED) is 0.827. The molecular formula is C14H21NO4. The van der Waals surface area contributed by atoms with Crippen LogP contribution in [0.3, 0.4) is 0 Å². The van der Waals surface area contributed by atoms with Crippen molar-refractivity contribution in [2.24, 2.45) is 5.92 Å². The van der Waals surface area contributed by atoms with Crippen LogP contribution in [0.4, 0.5) is 0 Å². The number of rotatable bonds is 6.